The van der Waals surface area contributed by atoms with Gasteiger partial charge in [0.15, 0.2) is 11.5 Å². The highest BCUT2D eigenvalue weighted by Crippen LogP contribution is 2.41. The first-order valence-electron chi connectivity index (χ1n) is 8.71. The van der Waals surface area contributed by atoms with E-state index in [1.807, 2.05) is 6.92 Å². The van der Waals surface area contributed by atoms with Crippen molar-refractivity contribution in [2.45, 2.75) is 33.3 Å². The Hall–Kier alpha value is -2.68. The summed E-state index contributed by atoms with van der Waals surface area (Å²) in [5.41, 5.74) is -0.123. The van der Waals surface area contributed by atoms with E-state index in [1.165, 1.54) is 0 Å². The summed E-state index contributed by atoms with van der Waals surface area (Å²) >= 11 is 0.760. The van der Waals surface area contributed by atoms with Crippen LogP contribution in [0.15, 0.2) is 17.0 Å². The minimum Gasteiger partial charge on any atom is -0.493 e. The third kappa shape index (κ3) is 4.41. The van der Waals surface area contributed by atoms with Crippen LogP contribution in [0.2, 0.25) is 0 Å². The molecule has 9 heteroatoms. The molecular formula is C19H21NO7S. The number of benzene rings is 1. The topological polar surface area (TPSA) is 91.4 Å². The molecule has 0 spiro atoms. The summed E-state index contributed by atoms with van der Waals surface area (Å²) in [7, 11) is 0. The molecule has 8 nitrogen and oxygen atoms in total. The van der Waals surface area contributed by atoms with Crippen molar-refractivity contribution >= 4 is 35.0 Å². The Morgan fingerprint density at radius 2 is 1.93 bits per heavy atom. The molecule has 1 aromatic carbocycles. The maximum atomic E-state index is 12.6. The molecule has 3 rings (SSSR count). The van der Waals surface area contributed by atoms with Crippen molar-refractivity contribution in [3.63, 3.8) is 0 Å². The quantitative estimate of drug-likeness (QED) is 0.543. The lowest BCUT2D eigenvalue weighted by atomic mass is 10.1. The van der Waals surface area contributed by atoms with Crippen LogP contribution < -0.4 is 14.2 Å². The van der Waals surface area contributed by atoms with E-state index in [2.05, 4.69) is 0 Å². The average molecular weight is 407 g/mol. The van der Waals surface area contributed by atoms with Crippen molar-refractivity contribution in [3.8, 4) is 17.2 Å². The van der Waals surface area contributed by atoms with Crippen molar-refractivity contribution < 1.29 is 33.3 Å². The van der Waals surface area contributed by atoms with Gasteiger partial charge in [-0.25, -0.2) is 0 Å². The lowest BCUT2D eigenvalue weighted by Crippen LogP contribution is -2.37. The molecule has 0 saturated carbocycles. The Kier molecular flexibility index (Phi) is 5.55. The molecule has 2 aliphatic heterocycles. The van der Waals surface area contributed by atoms with Gasteiger partial charge in [-0.3, -0.25) is 19.3 Å². The smallest absolute Gasteiger partial charge is 0.326 e. The minimum atomic E-state index is -0.701. The Balaban J connectivity index is 1.83. The van der Waals surface area contributed by atoms with Crippen molar-refractivity contribution in [1.82, 2.24) is 4.90 Å². The molecule has 150 valence electrons. The van der Waals surface area contributed by atoms with E-state index in [9.17, 15) is 14.4 Å². The van der Waals surface area contributed by atoms with E-state index in [1.54, 1.807) is 39.0 Å². The first-order valence-corrected chi connectivity index (χ1v) is 9.53. The second-order valence-electron chi connectivity index (χ2n) is 7.03. The second-order valence-corrected chi connectivity index (χ2v) is 8.02. The molecule has 0 atom stereocenters. The highest BCUT2D eigenvalue weighted by Gasteiger charge is 2.37. The van der Waals surface area contributed by atoms with Crippen LogP contribution in [-0.2, 0) is 14.3 Å². The maximum Gasteiger partial charge on any atom is 0.326 e. The summed E-state index contributed by atoms with van der Waals surface area (Å²) in [6.07, 6.45) is 1.55. The lowest BCUT2D eigenvalue weighted by molar-refractivity contribution is -0.156. The van der Waals surface area contributed by atoms with E-state index in [0.29, 0.717) is 29.4 Å². The van der Waals surface area contributed by atoms with Gasteiger partial charge in [0.2, 0.25) is 6.79 Å². The monoisotopic (exact) mass is 407 g/mol. The van der Waals surface area contributed by atoms with Gasteiger partial charge >= 0.3 is 5.97 Å². The van der Waals surface area contributed by atoms with Crippen molar-refractivity contribution in [2.75, 3.05) is 19.9 Å². The SMILES string of the molecule is CCOc1cc2c(cc1/C=C1\SC(=O)N(CC(=O)OC(C)(C)C)C1=O)OCO2. The molecule has 0 radical (unpaired) electrons. The summed E-state index contributed by atoms with van der Waals surface area (Å²) in [6.45, 7) is 7.08. The first-order chi connectivity index (χ1) is 13.2. The number of nitrogens with zero attached hydrogens (tertiary/aromatic N) is 1. The predicted octanol–water partition coefficient (Wildman–Crippen LogP) is 3.19. The molecule has 0 bridgehead atoms. The molecule has 2 heterocycles. The maximum absolute atomic E-state index is 12.6. The third-order valence-electron chi connectivity index (χ3n) is 3.67. The van der Waals surface area contributed by atoms with Gasteiger partial charge in [0.05, 0.1) is 11.5 Å². The van der Waals surface area contributed by atoms with Crippen LogP contribution in [0.1, 0.15) is 33.3 Å². The van der Waals surface area contributed by atoms with E-state index in [0.717, 1.165) is 16.7 Å². The number of imide groups is 1. The molecule has 1 aromatic rings. The van der Waals surface area contributed by atoms with E-state index in [4.69, 9.17) is 18.9 Å². The summed E-state index contributed by atoms with van der Waals surface area (Å²) in [4.78, 5) is 37.9. The lowest BCUT2D eigenvalue weighted by Gasteiger charge is -2.21. The molecule has 2 aliphatic rings. The van der Waals surface area contributed by atoms with Crippen molar-refractivity contribution in [1.29, 1.82) is 0 Å². The number of hydrogen-bond donors (Lipinski definition) is 0. The summed E-state index contributed by atoms with van der Waals surface area (Å²) < 4.78 is 21.5. The van der Waals surface area contributed by atoms with Crippen LogP contribution >= 0.6 is 11.8 Å². The first kappa shape index (κ1) is 20.1. The molecule has 1 fully saturated rings. The second kappa shape index (κ2) is 7.75. The van der Waals surface area contributed by atoms with Crippen LogP contribution in [0.3, 0.4) is 0 Å². The number of amides is 2. The van der Waals surface area contributed by atoms with Crippen LogP contribution in [0.4, 0.5) is 4.79 Å². The zero-order chi connectivity index (χ0) is 20.5. The predicted molar refractivity (Wildman–Crippen MR) is 102 cm³/mol. The summed E-state index contributed by atoms with van der Waals surface area (Å²) in [5.74, 6) is 0.391. The normalized spacial score (nSPS) is 17.4. The van der Waals surface area contributed by atoms with E-state index < -0.39 is 29.3 Å². The highest BCUT2D eigenvalue weighted by molar-refractivity contribution is 8.18. The Morgan fingerprint density at radius 3 is 2.57 bits per heavy atom. The number of ether oxygens (including phenoxy) is 4. The van der Waals surface area contributed by atoms with E-state index in [-0.39, 0.29) is 11.7 Å². The molecular weight excluding hydrogens is 386 g/mol. The Labute approximate surface area is 166 Å². The standard InChI is InChI=1S/C19H21NO7S/c1-5-24-12-8-14-13(25-10-26-14)6-11(12)7-15-17(22)20(18(23)28-15)9-16(21)27-19(2,3)4/h6-8H,5,9-10H2,1-4H3/b15-7-. The van der Waals surface area contributed by atoms with Crippen molar-refractivity contribution in [2.24, 2.45) is 0 Å². The Bertz CT molecular complexity index is 857. The fourth-order valence-electron chi connectivity index (χ4n) is 2.61. The molecule has 28 heavy (non-hydrogen) atoms. The van der Waals surface area contributed by atoms with E-state index >= 15 is 0 Å². The summed E-state index contributed by atoms with van der Waals surface area (Å²) in [6, 6.07) is 3.37. The zero-order valence-electron chi connectivity index (χ0n) is 16.1. The number of hydrogen-bond acceptors (Lipinski definition) is 8. The fraction of sp³-hybridized carbons (Fsp3) is 0.421. The van der Waals surface area contributed by atoms with Gasteiger partial charge in [0.25, 0.3) is 11.1 Å². The number of carbonyl (C=O) groups is 3. The number of rotatable bonds is 5. The molecule has 1 saturated heterocycles. The molecule has 0 aromatic heterocycles. The van der Waals surface area contributed by atoms with Gasteiger partial charge in [-0.15, -0.1) is 0 Å². The third-order valence-corrected chi connectivity index (χ3v) is 4.58. The fourth-order valence-corrected chi connectivity index (χ4v) is 3.44. The number of carbonyl (C=O) groups excluding carboxylic acids is 3. The molecule has 0 aliphatic carbocycles. The Morgan fingerprint density at radius 1 is 1.25 bits per heavy atom. The highest BCUT2D eigenvalue weighted by atomic mass is 32.2. The van der Waals surface area contributed by atoms with Gasteiger partial charge in [0, 0.05) is 11.6 Å². The van der Waals surface area contributed by atoms with Gasteiger partial charge in [-0.05, 0) is 51.6 Å². The zero-order valence-corrected chi connectivity index (χ0v) is 16.9. The van der Waals surface area contributed by atoms with Gasteiger partial charge in [-0.2, -0.15) is 0 Å². The summed E-state index contributed by atoms with van der Waals surface area (Å²) in [5, 5.41) is -0.527. The van der Waals surface area contributed by atoms with Gasteiger partial charge in [-0.1, -0.05) is 0 Å². The van der Waals surface area contributed by atoms with Crippen molar-refractivity contribution in [3.05, 3.63) is 22.6 Å². The van der Waals surface area contributed by atoms with Crippen LogP contribution in [0, 0.1) is 0 Å². The van der Waals surface area contributed by atoms with Crippen LogP contribution in [-0.4, -0.2) is 47.6 Å². The van der Waals surface area contributed by atoms with Crippen LogP contribution in [0.25, 0.3) is 6.08 Å². The largest absolute Gasteiger partial charge is 0.493 e. The van der Waals surface area contributed by atoms with Gasteiger partial charge in [0.1, 0.15) is 17.9 Å². The van der Waals surface area contributed by atoms with Crippen LogP contribution in [0.5, 0.6) is 17.2 Å². The number of thioether (sulfide) groups is 1. The van der Waals surface area contributed by atoms with Gasteiger partial charge < -0.3 is 18.9 Å². The minimum absolute atomic E-state index is 0.108. The number of esters is 1. The number of fused-ring (bicyclic) bond motifs is 1. The molecule has 0 N–H and O–H groups in total. The molecule has 2 amide bonds. The average Bonchev–Trinajstić information content (AvgIpc) is 3.13. The molecule has 0 unspecified atom stereocenters.